The van der Waals surface area contributed by atoms with E-state index in [1.807, 2.05) is 0 Å². The molecule has 1 saturated carbocycles. The van der Waals surface area contributed by atoms with Crippen molar-refractivity contribution >= 4 is 5.91 Å². The monoisotopic (exact) mass is 300 g/mol. The minimum Gasteiger partial charge on any atom is -0.335 e. The van der Waals surface area contributed by atoms with E-state index < -0.39 is 0 Å². The summed E-state index contributed by atoms with van der Waals surface area (Å²) in [6.07, 6.45) is 2.34. The normalized spacial score (nSPS) is 19.8. The van der Waals surface area contributed by atoms with Crippen LogP contribution < -0.4 is 5.32 Å². The summed E-state index contributed by atoms with van der Waals surface area (Å²) in [5, 5.41) is 3.28. The second kappa shape index (κ2) is 6.41. The lowest BCUT2D eigenvalue weighted by Gasteiger charge is -2.35. The molecular weight excluding hydrogens is 272 g/mol. The van der Waals surface area contributed by atoms with Crippen molar-refractivity contribution in [3.8, 4) is 0 Å². The summed E-state index contributed by atoms with van der Waals surface area (Å²) in [4.78, 5) is 15.0. The van der Waals surface area contributed by atoms with Gasteiger partial charge in [-0.25, -0.2) is 0 Å². The molecule has 0 radical (unpaired) electrons. The highest BCUT2D eigenvalue weighted by molar-refractivity contribution is 5.79. The van der Waals surface area contributed by atoms with Gasteiger partial charge >= 0.3 is 0 Å². The highest BCUT2D eigenvalue weighted by Gasteiger charge is 2.38. The smallest absolute Gasteiger partial charge is 0.226 e. The molecule has 22 heavy (non-hydrogen) atoms. The molecule has 1 unspecified atom stereocenters. The van der Waals surface area contributed by atoms with E-state index in [9.17, 15) is 4.79 Å². The lowest BCUT2D eigenvalue weighted by atomic mass is 9.87. The molecule has 1 atom stereocenters. The second-order valence-electron chi connectivity index (χ2n) is 7.30. The van der Waals surface area contributed by atoms with Crippen molar-refractivity contribution in [2.45, 2.75) is 52.1 Å². The van der Waals surface area contributed by atoms with Crippen LogP contribution in [0, 0.1) is 11.8 Å². The molecule has 2 aliphatic rings. The van der Waals surface area contributed by atoms with Crippen LogP contribution in [0.5, 0.6) is 0 Å². The fourth-order valence-corrected chi connectivity index (χ4v) is 3.11. The van der Waals surface area contributed by atoms with Crippen molar-refractivity contribution in [3.63, 3.8) is 0 Å². The number of nitrogens with zero attached hydrogens (tertiary/aromatic N) is 1. The third kappa shape index (κ3) is 3.35. The summed E-state index contributed by atoms with van der Waals surface area (Å²) in [5.74, 6) is 1.58. The molecule has 1 aromatic rings. The van der Waals surface area contributed by atoms with Gasteiger partial charge in [0.25, 0.3) is 0 Å². The Morgan fingerprint density at radius 2 is 1.82 bits per heavy atom. The van der Waals surface area contributed by atoms with E-state index in [2.05, 4.69) is 55.3 Å². The maximum Gasteiger partial charge on any atom is 0.226 e. The zero-order valence-corrected chi connectivity index (χ0v) is 14.0. The summed E-state index contributed by atoms with van der Waals surface area (Å²) in [6, 6.07) is 9.26. The third-order valence-electron chi connectivity index (χ3n) is 5.18. The van der Waals surface area contributed by atoms with Crippen molar-refractivity contribution in [1.29, 1.82) is 0 Å². The predicted molar refractivity (Wildman–Crippen MR) is 89.6 cm³/mol. The zero-order chi connectivity index (χ0) is 15.7. The first-order valence-electron chi connectivity index (χ1n) is 8.66. The fourth-order valence-electron chi connectivity index (χ4n) is 3.11. The van der Waals surface area contributed by atoms with E-state index in [0.29, 0.717) is 23.8 Å². The molecule has 0 aromatic heterocycles. The van der Waals surface area contributed by atoms with Gasteiger partial charge in [-0.3, -0.25) is 4.79 Å². The first-order valence-corrected chi connectivity index (χ1v) is 8.66. The third-order valence-corrected chi connectivity index (χ3v) is 5.18. The topological polar surface area (TPSA) is 32.3 Å². The summed E-state index contributed by atoms with van der Waals surface area (Å²) in [5.41, 5.74) is 2.62. The highest BCUT2D eigenvalue weighted by atomic mass is 16.2. The van der Waals surface area contributed by atoms with E-state index in [0.717, 1.165) is 19.6 Å². The molecule has 0 bridgehead atoms. The van der Waals surface area contributed by atoms with Crippen molar-refractivity contribution in [2.75, 3.05) is 13.1 Å². The number of rotatable bonds is 6. The zero-order valence-electron chi connectivity index (χ0n) is 14.0. The van der Waals surface area contributed by atoms with Gasteiger partial charge in [0.1, 0.15) is 0 Å². The highest BCUT2D eigenvalue weighted by Crippen LogP contribution is 2.31. The predicted octanol–water partition coefficient (Wildman–Crippen LogP) is 3.16. The minimum atomic E-state index is 0.150. The van der Waals surface area contributed by atoms with Crippen molar-refractivity contribution < 1.29 is 4.79 Å². The Balaban J connectivity index is 1.67. The van der Waals surface area contributed by atoms with Gasteiger partial charge in [0, 0.05) is 18.5 Å². The molecule has 1 aliphatic carbocycles. The molecule has 1 heterocycles. The van der Waals surface area contributed by atoms with Crippen molar-refractivity contribution in [3.05, 3.63) is 35.4 Å². The fraction of sp³-hybridized carbons (Fsp3) is 0.632. The molecule has 0 spiro atoms. The number of amides is 1. The lowest BCUT2D eigenvalue weighted by Crippen LogP contribution is -2.50. The van der Waals surface area contributed by atoms with E-state index in [1.54, 1.807) is 0 Å². The average Bonchev–Trinajstić information content (AvgIpc) is 3.27. The van der Waals surface area contributed by atoms with Gasteiger partial charge < -0.3 is 10.2 Å². The van der Waals surface area contributed by atoms with Gasteiger partial charge in [0.2, 0.25) is 5.91 Å². The maximum absolute atomic E-state index is 12.8. The van der Waals surface area contributed by atoms with Gasteiger partial charge in [-0.15, -0.1) is 0 Å². The Bertz CT molecular complexity index is 515. The van der Waals surface area contributed by atoms with Gasteiger partial charge in [-0.2, -0.15) is 0 Å². The van der Waals surface area contributed by atoms with Gasteiger partial charge in [-0.05, 0) is 48.9 Å². The van der Waals surface area contributed by atoms with Crippen LogP contribution in [0.15, 0.2) is 24.3 Å². The van der Waals surface area contributed by atoms with Crippen LogP contribution in [0.25, 0.3) is 0 Å². The summed E-state index contributed by atoms with van der Waals surface area (Å²) in [7, 11) is 0. The van der Waals surface area contributed by atoms with Crippen molar-refractivity contribution in [2.24, 2.45) is 11.8 Å². The van der Waals surface area contributed by atoms with Crippen LogP contribution in [0.1, 0.15) is 50.7 Å². The van der Waals surface area contributed by atoms with Gasteiger partial charge in [0.15, 0.2) is 0 Å². The second-order valence-corrected chi connectivity index (χ2v) is 7.30. The number of hydrogen-bond donors (Lipinski definition) is 1. The quantitative estimate of drug-likeness (QED) is 0.875. The number of carbonyl (C=O) groups is 1. The Morgan fingerprint density at radius 3 is 2.27 bits per heavy atom. The van der Waals surface area contributed by atoms with E-state index in [1.165, 1.54) is 24.0 Å². The molecule has 1 aliphatic heterocycles. The van der Waals surface area contributed by atoms with Crippen LogP contribution in [-0.2, 0) is 11.3 Å². The van der Waals surface area contributed by atoms with Crippen LogP contribution in [0.4, 0.5) is 0 Å². The average molecular weight is 300 g/mol. The van der Waals surface area contributed by atoms with Crippen LogP contribution in [0.3, 0.4) is 0 Å². The molecule has 3 rings (SSSR count). The molecule has 1 saturated heterocycles. The summed E-state index contributed by atoms with van der Waals surface area (Å²) in [6.45, 7) is 9.28. The van der Waals surface area contributed by atoms with E-state index >= 15 is 0 Å². The van der Waals surface area contributed by atoms with Gasteiger partial charge in [-0.1, -0.05) is 45.0 Å². The molecule has 2 fully saturated rings. The van der Waals surface area contributed by atoms with Crippen LogP contribution in [0.2, 0.25) is 0 Å². The lowest BCUT2D eigenvalue weighted by molar-refractivity contribution is -0.138. The molecule has 1 amide bonds. The Kier molecular flexibility index (Phi) is 4.53. The molecular formula is C19H28N2O. The Labute approximate surface area is 134 Å². The summed E-state index contributed by atoms with van der Waals surface area (Å²) >= 11 is 0. The molecule has 3 nitrogen and oxygen atoms in total. The largest absolute Gasteiger partial charge is 0.335 e. The number of carbonyl (C=O) groups excluding carboxylic acids is 1. The Hall–Kier alpha value is -1.35. The Morgan fingerprint density at radius 1 is 1.18 bits per heavy atom. The number of benzene rings is 1. The van der Waals surface area contributed by atoms with E-state index in [-0.39, 0.29) is 5.92 Å². The standard InChI is InChI=1S/C19H28N2O/c1-13(2)16-6-4-15(5-7-16)12-21(18-8-9-18)19(22)14(3)17-10-20-11-17/h4-7,13-14,17-18,20H,8-12H2,1-3H3. The van der Waals surface area contributed by atoms with Crippen LogP contribution in [-0.4, -0.2) is 29.9 Å². The van der Waals surface area contributed by atoms with Crippen molar-refractivity contribution in [1.82, 2.24) is 10.2 Å². The molecule has 120 valence electrons. The summed E-state index contributed by atoms with van der Waals surface area (Å²) < 4.78 is 0. The molecule has 3 heteroatoms. The number of hydrogen-bond acceptors (Lipinski definition) is 2. The number of nitrogens with one attached hydrogen (secondary N) is 1. The first kappa shape index (κ1) is 15.5. The SMILES string of the molecule is CC(C)c1ccc(CN(C(=O)C(C)C2CNC2)C2CC2)cc1. The van der Waals surface area contributed by atoms with Crippen LogP contribution >= 0.6 is 0 Å². The minimum absolute atomic E-state index is 0.150. The first-order chi connectivity index (χ1) is 10.6. The maximum atomic E-state index is 12.8. The van der Waals surface area contributed by atoms with Gasteiger partial charge in [0.05, 0.1) is 0 Å². The molecule has 1 aromatic carbocycles. The van der Waals surface area contributed by atoms with E-state index in [4.69, 9.17) is 0 Å². The molecule has 1 N–H and O–H groups in total.